The minimum Gasteiger partial charge on any atom is -0.0984 e. The highest BCUT2D eigenvalue weighted by atomic mass is 79.9. The van der Waals surface area contributed by atoms with Crippen molar-refractivity contribution in [2.45, 2.75) is 0 Å². The number of benzene rings is 2. The lowest BCUT2D eigenvalue weighted by molar-refractivity contribution is 1.56. The van der Waals surface area contributed by atoms with Gasteiger partial charge in [0, 0.05) is 4.47 Å². The minimum absolute atomic E-state index is 1.09. The minimum atomic E-state index is 1.09. The molecule has 0 saturated heterocycles. The average molecular weight is 285 g/mol. The SMILES string of the molecule is C=Cc1ccc(-c2cccc(Br)c2)cc1C=C. The van der Waals surface area contributed by atoms with E-state index in [0.717, 1.165) is 15.6 Å². The molecule has 0 bridgehead atoms. The van der Waals surface area contributed by atoms with Gasteiger partial charge in [-0.1, -0.05) is 65.5 Å². The summed E-state index contributed by atoms with van der Waals surface area (Å²) in [5.74, 6) is 0. The second-order valence-corrected chi connectivity index (χ2v) is 4.68. The molecule has 0 aromatic heterocycles. The zero-order valence-electron chi connectivity index (χ0n) is 9.49. The van der Waals surface area contributed by atoms with E-state index >= 15 is 0 Å². The van der Waals surface area contributed by atoms with Gasteiger partial charge in [-0.2, -0.15) is 0 Å². The normalized spacial score (nSPS) is 9.94. The van der Waals surface area contributed by atoms with Gasteiger partial charge in [-0.15, -0.1) is 0 Å². The molecule has 2 aromatic carbocycles. The summed E-state index contributed by atoms with van der Waals surface area (Å²) >= 11 is 3.49. The van der Waals surface area contributed by atoms with Gasteiger partial charge >= 0.3 is 0 Å². The van der Waals surface area contributed by atoms with Crippen LogP contribution < -0.4 is 0 Å². The van der Waals surface area contributed by atoms with Crippen molar-refractivity contribution in [1.82, 2.24) is 0 Å². The van der Waals surface area contributed by atoms with Crippen molar-refractivity contribution in [1.29, 1.82) is 0 Å². The summed E-state index contributed by atoms with van der Waals surface area (Å²) < 4.78 is 1.09. The van der Waals surface area contributed by atoms with E-state index in [0.29, 0.717) is 0 Å². The van der Waals surface area contributed by atoms with Crippen LogP contribution in [0, 0.1) is 0 Å². The van der Waals surface area contributed by atoms with Gasteiger partial charge in [-0.25, -0.2) is 0 Å². The smallest absolute Gasteiger partial charge is 0.0181 e. The number of hydrogen-bond donors (Lipinski definition) is 0. The second kappa shape index (κ2) is 5.15. The van der Waals surface area contributed by atoms with Crippen molar-refractivity contribution in [3.8, 4) is 11.1 Å². The van der Waals surface area contributed by atoms with Crippen LogP contribution in [-0.4, -0.2) is 0 Å². The van der Waals surface area contributed by atoms with Crippen LogP contribution in [0.15, 0.2) is 60.1 Å². The van der Waals surface area contributed by atoms with Crippen LogP contribution in [0.25, 0.3) is 23.3 Å². The van der Waals surface area contributed by atoms with Gasteiger partial charge in [0.2, 0.25) is 0 Å². The molecule has 2 rings (SSSR count). The summed E-state index contributed by atoms with van der Waals surface area (Å²) in [6, 6.07) is 14.6. The Balaban J connectivity index is 2.53. The molecule has 1 heteroatoms. The molecule has 0 aliphatic carbocycles. The molecule has 0 spiro atoms. The summed E-state index contributed by atoms with van der Waals surface area (Å²) in [6.45, 7) is 7.64. The first kappa shape index (κ1) is 11.9. The Morgan fingerprint density at radius 3 is 2.18 bits per heavy atom. The molecule has 0 unspecified atom stereocenters. The maximum absolute atomic E-state index is 3.83. The van der Waals surface area contributed by atoms with E-state index < -0.39 is 0 Å². The van der Waals surface area contributed by atoms with Crippen molar-refractivity contribution in [2.75, 3.05) is 0 Å². The molecule has 0 aliphatic rings. The van der Waals surface area contributed by atoms with Gasteiger partial charge in [0.1, 0.15) is 0 Å². The molecule has 0 heterocycles. The predicted octanol–water partition coefficient (Wildman–Crippen LogP) is 5.40. The Bertz CT molecular complexity index is 567. The summed E-state index contributed by atoms with van der Waals surface area (Å²) in [4.78, 5) is 0. The highest BCUT2D eigenvalue weighted by Crippen LogP contribution is 2.26. The zero-order chi connectivity index (χ0) is 12.3. The average Bonchev–Trinajstić information content (AvgIpc) is 2.38. The van der Waals surface area contributed by atoms with Crippen LogP contribution >= 0.6 is 15.9 Å². The fourth-order valence-electron chi connectivity index (χ4n) is 1.79. The van der Waals surface area contributed by atoms with E-state index in [-0.39, 0.29) is 0 Å². The molecular weight excluding hydrogens is 272 g/mol. The third-order valence-corrected chi connectivity index (χ3v) is 3.18. The fraction of sp³-hybridized carbons (Fsp3) is 0. The fourth-order valence-corrected chi connectivity index (χ4v) is 2.18. The van der Waals surface area contributed by atoms with Crippen molar-refractivity contribution in [3.05, 3.63) is 71.2 Å². The van der Waals surface area contributed by atoms with Gasteiger partial charge in [0.05, 0.1) is 0 Å². The van der Waals surface area contributed by atoms with Crippen LogP contribution in [0.2, 0.25) is 0 Å². The van der Waals surface area contributed by atoms with Crippen LogP contribution in [0.3, 0.4) is 0 Å². The van der Waals surface area contributed by atoms with Gasteiger partial charge < -0.3 is 0 Å². The summed E-state index contributed by atoms with van der Waals surface area (Å²) in [5.41, 5.74) is 4.60. The maximum atomic E-state index is 3.83. The van der Waals surface area contributed by atoms with Crippen LogP contribution in [0.5, 0.6) is 0 Å². The van der Waals surface area contributed by atoms with Crippen LogP contribution in [-0.2, 0) is 0 Å². The molecule has 0 N–H and O–H groups in total. The Hall–Kier alpha value is -1.60. The van der Waals surface area contributed by atoms with E-state index in [1.807, 2.05) is 24.3 Å². The molecule has 0 fully saturated rings. The lowest BCUT2D eigenvalue weighted by Gasteiger charge is -2.06. The van der Waals surface area contributed by atoms with E-state index in [2.05, 4.69) is 59.4 Å². The molecule has 0 nitrogen and oxygen atoms in total. The highest BCUT2D eigenvalue weighted by Gasteiger charge is 2.01. The highest BCUT2D eigenvalue weighted by molar-refractivity contribution is 9.10. The third-order valence-electron chi connectivity index (χ3n) is 2.68. The third kappa shape index (κ3) is 2.56. The van der Waals surface area contributed by atoms with E-state index in [1.165, 1.54) is 11.1 Å². The Morgan fingerprint density at radius 1 is 0.824 bits per heavy atom. The zero-order valence-corrected chi connectivity index (χ0v) is 11.1. The van der Waals surface area contributed by atoms with E-state index in [4.69, 9.17) is 0 Å². The Labute approximate surface area is 110 Å². The van der Waals surface area contributed by atoms with Crippen molar-refractivity contribution in [3.63, 3.8) is 0 Å². The monoisotopic (exact) mass is 284 g/mol. The first-order valence-electron chi connectivity index (χ1n) is 5.39. The molecule has 0 radical (unpaired) electrons. The lowest BCUT2D eigenvalue weighted by atomic mass is 9.99. The second-order valence-electron chi connectivity index (χ2n) is 3.76. The van der Waals surface area contributed by atoms with Gasteiger partial charge in [-0.3, -0.25) is 0 Å². The first-order valence-corrected chi connectivity index (χ1v) is 6.19. The van der Waals surface area contributed by atoms with Gasteiger partial charge in [0.15, 0.2) is 0 Å². The summed E-state index contributed by atoms with van der Waals surface area (Å²) in [5, 5.41) is 0. The molecule has 0 aliphatic heterocycles. The van der Waals surface area contributed by atoms with Crippen molar-refractivity contribution < 1.29 is 0 Å². The Morgan fingerprint density at radius 2 is 1.53 bits per heavy atom. The quantitative estimate of drug-likeness (QED) is 0.708. The van der Waals surface area contributed by atoms with Crippen molar-refractivity contribution >= 4 is 28.1 Å². The van der Waals surface area contributed by atoms with E-state index in [1.54, 1.807) is 0 Å². The molecule has 2 aromatic rings. The number of hydrogen-bond acceptors (Lipinski definition) is 0. The van der Waals surface area contributed by atoms with Gasteiger partial charge in [-0.05, 0) is 40.5 Å². The molecule has 84 valence electrons. The van der Waals surface area contributed by atoms with Gasteiger partial charge in [0.25, 0.3) is 0 Å². The topological polar surface area (TPSA) is 0 Å². The van der Waals surface area contributed by atoms with E-state index in [9.17, 15) is 0 Å². The molecule has 0 amide bonds. The summed E-state index contributed by atoms with van der Waals surface area (Å²) in [6.07, 6.45) is 3.71. The van der Waals surface area contributed by atoms with Crippen LogP contribution in [0.1, 0.15) is 11.1 Å². The number of rotatable bonds is 3. The Kier molecular flexibility index (Phi) is 3.60. The number of halogens is 1. The maximum Gasteiger partial charge on any atom is 0.0181 e. The predicted molar refractivity (Wildman–Crippen MR) is 79.8 cm³/mol. The standard InChI is InChI=1S/C16H13Br/c1-3-12-8-9-15(10-13(12)4-2)14-6-5-7-16(17)11-14/h3-11H,1-2H2. The molecular formula is C16H13Br. The molecule has 0 saturated carbocycles. The lowest BCUT2D eigenvalue weighted by Crippen LogP contribution is -1.83. The first-order chi connectivity index (χ1) is 8.24. The summed E-state index contributed by atoms with van der Waals surface area (Å²) in [7, 11) is 0. The molecule has 17 heavy (non-hydrogen) atoms. The van der Waals surface area contributed by atoms with Crippen molar-refractivity contribution in [2.24, 2.45) is 0 Å². The van der Waals surface area contributed by atoms with Crippen LogP contribution in [0.4, 0.5) is 0 Å². The molecule has 0 atom stereocenters. The largest absolute Gasteiger partial charge is 0.0984 e.